The summed E-state index contributed by atoms with van der Waals surface area (Å²) in [6.45, 7) is 0. The average molecular weight is 877 g/mol. The molecule has 0 heterocycles. The third-order valence-electron chi connectivity index (χ3n) is 11.4. The number of anilines is 6. The number of phenols is 10. The van der Waals surface area contributed by atoms with Crippen molar-refractivity contribution in [3.05, 3.63) is 182 Å². The summed E-state index contributed by atoms with van der Waals surface area (Å²) in [6.07, 6.45) is 0. The number of hydrogen-bond acceptors (Lipinski definition) is 12. The van der Waals surface area contributed by atoms with Crippen molar-refractivity contribution in [2.45, 2.75) is 0 Å². The van der Waals surface area contributed by atoms with Gasteiger partial charge in [-0.15, -0.1) is 0 Å². The highest BCUT2D eigenvalue weighted by Gasteiger charge is 2.31. The fourth-order valence-electron chi connectivity index (χ4n) is 7.91. The number of aromatic hydroxyl groups is 10. The van der Waals surface area contributed by atoms with Crippen molar-refractivity contribution in [2.75, 3.05) is 9.80 Å². The van der Waals surface area contributed by atoms with E-state index in [1.54, 1.807) is 48.5 Å². The van der Waals surface area contributed by atoms with Gasteiger partial charge in [0.2, 0.25) is 34.5 Å². The van der Waals surface area contributed by atoms with Crippen molar-refractivity contribution in [3.8, 4) is 102 Å². The zero-order chi connectivity index (χ0) is 46.2. The fourth-order valence-corrected chi connectivity index (χ4v) is 7.91. The number of nitrogens with zero attached hydrogens (tertiary/aromatic N) is 2. The Morgan fingerprint density at radius 3 is 0.561 bits per heavy atom. The first-order chi connectivity index (χ1) is 31.9. The molecule has 9 aromatic carbocycles. The summed E-state index contributed by atoms with van der Waals surface area (Å²) < 4.78 is 0. The SMILES string of the molecule is Oc1c(O)c(O)c(N(c2ccc(-c3ccccc3)cc2)c2ccc(-c3ccc(-c4ccc(N(c5ccc(-c6ccccc6)cc5)c5c(O)c(O)c(O)c(O)c5O)cc4)cc3)cc2)c(O)c1O. The Balaban J connectivity index is 1.02. The van der Waals surface area contributed by atoms with Crippen molar-refractivity contribution in [1.82, 2.24) is 0 Å². The lowest BCUT2D eigenvalue weighted by Crippen LogP contribution is -2.10. The van der Waals surface area contributed by atoms with Crippen LogP contribution in [0.25, 0.3) is 44.5 Å². The van der Waals surface area contributed by atoms with E-state index < -0.39 is 57.5 Å². The van der Waals surface area contributed by atoms with Gasteiger partial charge in [-0.2, -0.15) is 0 Å². The molecule has 0 aliphatic heterocycles. The summed E-state index contributed by atoms with van der Waals surface area (Å²) in [5, 5.41) is 106. The summed E-state index contributed by atoms with van der Waals surface area (Å²) in [5.74, 6) is -9.50. The maximum absolute atomic E-state index is 11.0. The van der Waals surface area contributed by atoms with Crippen molar-refractivity contribution in [1.29, 1.82) is 0 Å². The molecule has 0 aliphatic carbocycles. The number of benzene rings is 9. The van der Waals surface area contributed by atoms with Gasteiger partial charge >= 0.3 is 0 Å². The van der Waals surface area contributed by atoms with Crippen LogP contribution in [0.4, 0.5) is 34.1 Å². The van der Waals surface area contributed by atoms with Gasteiger partial charge in [-0.3, -0.25) is 0 Å². The highest BCUT2D eigenvalue weighted by molar-refractivity contribution is 5.92. The van der Waals surface area contributed by atoms with Crippen LogP contribution in [0.1, 0.15) is 0 Å². The van der Waals surface area contributed by atoms with Gasteiger partial charge in [-0.05, 0) is 93.0 Å². The number of hydrogen-bond donors (Lipinski definition) is 10. The molecule has 12 nitrogen and oxygen atoms in total. The predicted molar refractivity (Wildman–Crippen MR) is 254 cm³/mol. The summed E-state index contributed by atoms with van der Waals surface area (Å²) in [7, 11) is 0. The highest BCUT2D eigenvalue weighted by atomic mass is 16.4. The molecular weight excluding hydrogens is 837 g/mol. The Hall–Kier alpha value is -9.42. The summed E-state index contributed by atoms with van der Waals surface area (Å²) >= 11 is 0. The predicted octanol–water partition coefficient (Wildman–Crippen LogP) is 12.4. The Morgan fingerprint density at radius 2 is 0.348 bits per heavy atom. The van der Waals surface area contributed by atoms with Crippen LogP contribution in [0, 0.1) is 0 Å². The van der Waals surface area contributed by atoms with Crippen molar-refractivity contribution >= 4 is 34.1 Å². The molecule has 12 heteroatoms. The van der Waals surface area contributed by atoms with E-state index in [2.05, 4.69) is 0 Å². The van der Waals surface area contributed by atoms with E-state index >= 15 is 0 Å². The third-order valence-corrected chi connectivity index (χ3v) is 11.4. The van der Waals surface area contributed by atoms with Gasteiger partial charge in [0.1, 0.15) is 11.4 Å². The van der Waals surface area contributed by atoms with Crippen LogP contribution in [-0.4, -0.2) is 51.1 Å². The van der Waals surface area contributed by atoms with Gasteiger partial charge in [0.15, 0.2) is 23.0 Å². The Bertz CT molecular complexity index is 2920. The second-order valence-corrected chi connectivity index (χ2v) is 15.4. The topological polar surface area (TPSA) is 209 Å². The van der Waals surface area contributed by atoms with Crippen LogP contribution in [-0.2, 0) is 0 Å². The van der Waals surface area contributed by atoms with Crippen molar-refractivity contribution in [3.63, 3.8) is 0 Å². The minimum atomic E-state index is -1.06. The van der Waals surface area contributed by atoms with Gasteiger partial charge in [0, 0.05) is 22.7 Å². The van der Waals surface area contributed by atoms with E-state index in [0.29, 0.717) is 22.7 Å². The van der Waals surface area contributed by atoms with Crippen molar-refractivity contribution in [2.24, 2.45) is 0 Å². The van der Waals surface area contributed by atoms with Crippen LogP contribution in [0.5, 0.6) is 57.5 Å². The molecular formula is C54H40N2O10. The molecule has 0 aromatic heterocycles. The normalized spacial score (nSPS) is 11.0. The first kappa shape index (κ1) is 41.9. The fraction of sp³-hybridized carbons (Fsp3) is 0. The lowest BCUT2D eigenvalue weighted by Gasteiger charge is -2.28. The Kier molecular flexibility index (Phi) is 10.8. The van der Waals surface area contributed by atoms with Crippen LogP contribution in [0.2, 0.25) is 0 Å². The van der Waals surface area contributed by atoms with E-state index in [4.69, 9.17) is 0 Å². The maximum Gasteiger partial charge on any atom is 0.208 e. The molecule has 0 fully saturated rings. The Labute approximate surface area is 377 Å². The zero-order valence-corrected chi connectivity index (χ0v) is 34.7. The van der Waals surface area contributed by atoms with E-state index in [0.717, 1.165) is 44.5 Å². The Morgan fingerprint density at radius 1 is 0.182 bits per heavy atom. The minimum absolute atomic E-state index is 0.351. The molecule has 66 heavy (non-hydrogen) atoms. The van der Waals surface area contributed by atoms with Crippen LogP contribution in [0.15, 0.2) is 182 Å². The van der Waals surface area contributed by atoms with Crippen LogP contribution >= 0.6 is 0 Å². The zero-order valence-electron chi connectivity index (χ0n) is 34.7. The molecule has 326 valence electrons. The molecule has 9 aromatic rings. The number of phenolic OH excluding ortho intramolecular Hbond substituents is 10. The van der Waals surface area contributed by atoms with Gasteiger partial charge in [0.25, 0.3) is 0 Å². The number of rotatable bonds is 10. The molecule has 0 aliphatic rings. The van der Waals surface area contributed by atoms with E-state index in [1.165, 1.54) is 9.80 Å². The third kappa shape index (κ3) is 7.50. The smallest absolute Gasteiger partial charge is 0.208 e. The molecule has 0 atom stereocenters. The molecule has 0 saturated carbocycles. The lowest BCUT2D eigenvalue weighted by atomic mass is 9.99. The molecule has 9 rings (SSSR count). The average Bonchev–Trinajstić information content (AvgIpc) is 3.37. The standard InChI is InChI=1S/C54H40N2O10/c57-45-43(46(58)50(62)53(65)49(45)61)55(39-23-15-35(16-24-39)31-7-3-1-4-8-31)41-27-19-37(20-28-41)33-11-13-34(14-12-33)38-21-29-42(30-22-38)56(44-47(59)51(63)54(66)52(64)48(44)60)40-25-17-36(18-26-40)32-9-5-2-6-10-32/h1-30,57-66H. The first-order valence-electron chi connectivity index (χ1n) is 20.5. The van der Waals surface area contributed by atoms with Crippen LogP contribution in [0.3, 0.4) is 0 Å². The van der Waals surface area contributed by atoms with E-state index in [9.17, 15) is 51.1 Å². The molecule has 0 amide bonds. The van der Waals surface area contributed by atoms with E-state index in [-0.39, 0.29) is 11.4 Å². The largest absolute Gasteiger partial charge is 0.503 e. The van der Waals surface area contributed by atoms with Crippen molar-refractivity contribution < 1.29 is 51.1 Å². The molecule has 0 radical (unpaired) electrons. The van der Waals surface area contributed by atoms with Gasteiger partial charge in [-0.25, -0.2) is 0 Å². The second-order valence-electron chi connectivity index (χ2n) is 15.4. The van der Waals surface area contributed by atoms with E-state index in [1.807, 2.05) is 133 Å². The minimum Gasteiger partial charge on any atom is -0.503 e. The van der Waals surface area contributed by atoms with Gasteiger partial charge < -0.3 is 60.9 Å². The molecule has 0 saturated heterocycles. The van der Waals surface area contributed by atoms with Gasteiger partial charge in [-0.1, -0.05) is 133 Å². The van der Waals surface area contributed by atoms with Crippen LogP contribution < -0.4 is 9.80 Å². The summed E-state index contributed by atoms with van der Waals surface area (Å²) in [4.78, 5) is 2.90. The second kappa shape index (κ2) is 17.0. The molecule has 0 spiro atoms. The summed E-state index contributed by atoms with van der Waals surface area (Å²) in [5.41, 5.74) is 8.21. The maximum atomic E-state index is 11.0. The lowest BCUT2D eigenvalue weighted by molar-refractivity contribution is 0.329. The molecule has 0 unspecified atom stereocenters. The van der Waals surface area contributed by atoms with Gasteiger partial charge in [0.05, 0.1) is 0 Å². The summed E-state index contributed by atoms with van der Waals surface area (Å²) in [6, 6.07) is 55.9. The molecule has 10 N–H and O–H groups in total. The highest BCUT2D eigenvalue weighted by Crippen LogP contribution is 2.59. The quantitative estimate of drug-likeness (QED) is 0.0460. The molecule has 0 bridgehead atoms. The monoisotopic (exact) mass is 876 g/mol. The first-order valence-corrected chi connectivity index (χ1v) is 20.5.